The molecule has 0 heterocycles. The Balaban J connectivity index is 2.69. The predicted molar refractivity (Wildman–Crippen MR) is 82.0 cm³/mol. The SMILES string of the molecule is CC(C)(C)[N+]([O-])=Cc1ccccc1OCCOCCCl. The monoisotopic (exact) mass is 299 g/mol. The maximum atomic E-state index is 12.0. The number of hydrogen-bond donors (Lipinski definition) is 0. The van der Waals surface area contributed by atoms with E-state index in [4.69, 9.17) is 21.1 Å². The van der Waals surface area contributed by atoms with Crippen molar-refractivity contribution >= 4 is 17.8 Å². The molecule has 112 valence electrons. The molecule has 0 amide bonds. The van der Waals surface area contributed by atoms with E-state index in [1.807, 2.05) is 45.0 Å². The first-order valence-corrected chi connectivity index (χ1v) is 7.15. The van der Waals surface area contributed by atoms with Gasteiger partial charge in [0, 0.05) is 26.7 Å². The van der Waals surface area contributed by atoms with Crippen LogP contribution < -0.4 is 4.74 Å². The molecule has 0 fully saturated rings. The van der Waals surface area contributed by atoms with Crippen LogP contribution in [0.25, 0.3) is 0 Å². The fourth-order valence-corrected chi connectivity index (χ4v) is 1.51. The molecule has 0 unspecified atom stereocenters. The molecule has 1 aromatic carbocycles. The number of para-hydroxylation sites is 1. The first-order valence-electron chi connectivity index (χ1n) is 6.62. The number of benzene rings is 1. The summed E-state index contributed by atoms with van der Waals surface area (Å²) in [6.07, 6.45) is 1.55. The van der Waals surface area contributed by atoms with Crippen LogP contribution in [0.4, 0.5) is 0 Å². The Morgan fingerprint density at radius 3 is 2.55 bits per heavy atom. The van der Waals surface area contributed by atoms with Gasteiger partial charge in [-0.25, -0.2) is 4.74 Å². The minimum absolute atomic E-state index is 0.427. The van der Waals surface area contributed by atoms with Gasteiger partial charge in [-0.05, 0) is 12.1 Å². The highest BCUT2D eigenvalue weighted by Crippen LogP contribution is 2.17. The molecule has 0 saturated carbocycles. The third-order valence-corrected chi connectivity index (χ3v) is 2.70. The molecule has 0 aliphatic carbocycles. The summed E-state index contributed by atoms with van der Waals surface area (Å²) in [6, 6.07) is 7.44. The molecule has 0 N–H and O–H groups in total. The minimum Gasteiger partial charge on any atom is -0.623 e. The first kappa shape index (κ1) is 16.8. The maximum absolute atomic E-state index is 12.0. The van der Waals surface area contributed by atoms with Crippen molar-refractivity contribution in [2.24, 2.45) is 0 Å². The van der Waals surface area contributed by atoms with E-state index in [-0.39, 0.29) is 0 Å². The highest BCUT2D eigenvalue weighted by atomic mass is 35.5. The van der Waals surface area contributed by atoms with E-state index in [2.05, 4.69) is 0 Å². The second-order valence-corrected chi connectivity index (χ2v) is 5.69. The Morgan fingerprint density at radius 1 is 1.20 bits per heavy atom. The fraction of sp³-hybridized carbons (Fsp3) is 0.533. The van der Waals surface area contributed by atoms with Gasteiger partial charge >= 0.3 is 0 Å². The van der Waals surface area contributed by atoms with Crippen LogP contribution in [0.2, 0.25) is 0 Å². The average molecular weight is 300 g/mol. The van der Waals surface area contributed by atoms with Gasteiger partial charge in [-0.1, -0.05) is 12.1 Å². The number of alkyl halides is 1. The van der Waals surface area contributed by atoms with Crippen molar-refractivity contribution in [2.75, 3.05) is 25.7 Å². The van der Waals surface area contributed by atoms with Gasteiger partial charge < -0.3 is 14.7 Å². The van der Waals surface area contributed by atoms with Crippen molar-refractivity contribution in [1.82, 2.24) is 0 Å². The van der Waals surface area contributed by atoms with Crippen molar-refractivity contribution in [2.45, 2.75) is 26.3 Å². The molecule has 1 aromatic rings. The molecule has 0 radical (unpaired) electrons. The van der Waals surface area contributed by atoms with Gasteiger partial charge in [0.05, 0.1) is 18.8 Å². The minimum atomic E-state index is -0.476. The summed E-state index contributed by atoms with van der Waals surface area (Å²) in [5.74, 6) is 1.15. The van der Waals surface area contributed by atoms with Crippen molar-refractivity contribution in [1.29, 1.82) is 0 Å². The van der Waals surface area contributed by atoms with Crippen LogP contribution in [0.15, 0.2) is 24.3 Å². The molecule has 0 atom stereocenters. The van der Waals surface area contributed by atoms with Crippen LogP contribution in [0, 0.1) is 5.21 Å². The highest BCUT2D eigenvalue weighted by molar-refractivity contribution is 6.17. The lowest BCUT2D eigenvalue weighted by Gasteiger charge is -2.19. The van der Waals surface area contributed by atoms with Gasteiger partial charge in [0.2, 0.25) is 0 Å². The number of hydrogen-bond acceptors (Lipinski definition) is 3. The van der Waals surface area contributed by atoms with E-state index in [1.54, 1.807) is 6.21 Å². The molecule has 4 nitrogen and oxygen atoms in total. The van der Waals surface area contributed by atoms with Crippen LogP contribution in [0.3, 0.4) is 0 Å². The Bertz CT molecular complexity index is 441. The van der Waals surface area contributed by atoms with Gasteiger partial charge in [-0.3, -0.25) is 0 Å². The standard InChI is InChI=1S/C15H22ClNO3/c1-15(2,3)17(18)12-13-6-4-5-7-14(13)20-11-10-19-9-8-16/h4-7,12H,8-11H2,1-3H3. The Morgan fingerprint density at radius 2 is 1.90 bits per heavy atom. The Labute approximate surface area is 125 Å². The lowest BCUT2D eigenvalue weighted by Crippen LogP contribution is -2.29. The van der Waals surface area contributed by atoms with Gasteiger partial charge in [-0.2, -0.15) is 0 Å². The fourth-order valence-electron chi connectivity index (χ4n) is 1.41. The van der Waals surface area contributed by atoms with E-state index in [0.717, 1.165) is 10.3 Å². The lowest BCUT2D eigenvalue weighted by atomic mass is 10.1. The molecule has 0 spiro atoms. The predicted octanol–water partition coefficient (Wildman–Crippen LogP) is 3.05. The Hall–Kier alpha value is -1.26. The van der Waals surface area contributed by atoms with Gasteiger partial charge in [0.25, 0.3) is 0 Å². The van der Waals surface area contributed by atoms with Crippen molar-refractivity contribution in [3.63, 3.8) is 0 Å². The second-order valence-electron chi connectivity index (χ2n) is 5.31. The van der Waals surface area contributed by atoms with E-state index in [9.17, 15) is 5.21 Å². The zero-order chi connectivity index (χ0) is 15.0. The van der Waals surface area contributed by atoms with E-state index >= 15 is 0 Å². The topological polar surface area (TPSA) is 44.5 Å². The van der Waals surface area contributed by atoms with Crippen molar-refractivity contribution < 1.29 is 14.2 Å². The average Bonchev–Trinajstić information content (AvgIpc) is 2.39. The lowest BCUT2D eigenvalue weighted by molar-refractivity contribution is -0.530. The smallest absolute Gasteiger partial charge is 0.186 e. The summed E-state index contributed by atoms with van der Waals surface area (Å²) in [5, 5.41) is 12.0. The van der Waals surface area contributed by atoms with Crippen LogP contribution in [-0.2, 0) is 4.74 Å². The first-order chi connectivity index (χ1) is 9.45. The Kier molecular flexibility index (Phi) is 6.82. The zero-order valence-electron chi connectivity index (χ0n) is 12.3. The zero-order valence-corrected chi connectivity index (χ0v) is 13.0. The number of hydroxylamine groups is 1. The number of nitrogens with zero attached hydrogens (tertiary/aromatic N) is 1. The summed E-state index contributed by atoms with van der Waals surface area (Å²) in [6.45, 7) is 6.99. The molecule has 0 bridgehead atoms. The number of ether oxygens (including phenoxy) is 2. The maximum Gasteiger partial charge on any atom is 0.186 e. The van der Waals surface area contributed by atoms with E-state index in [1.165, 1.54) is 0 Å². The third-order valence-electron chi connectivity index (χ3n) is 2.54. The molecule has 0 aliphatic rings. The molecule has 0 aliphatic heterocycles. The molecular weight excluding hydrogens is 278 g/mol. The molecule has 0 aromatic heterocycles. The number of halogens is 1. The van der Waals surface area contributed by atoms with Crippen molar-refractivity contribution in [3.8, 4) is 5.75 Å². The largest absolute Gasteiger partial charge is 0.623 e. The highest BCUT2D eigenvalue weighted by Gasteiger charge is 2.18. The molecule has 0 saturated heterocycles. The van der Waals surface area contributed by atoms with Gasteiger partial charge in [-0.15, -0.1) is 11.6 Å². The quantitative estimate of drug-likeness (QED) is 0.194. The van der Waals surface area contributed by atoms with Gasteiger partial charge in [0.15, 0.2) is 11.8 Å². The number of rotatable bonds is 7. The summed E-state index contributed by atoms with van der Waals surface area (Å²) in [4.78, 5) is 0. The summed E-state index contributed by atoms with van der Waals surface area (Å²) in [7, 11) is 0. The summed E-state index contributed by atoms with van der Waals surface area (Å²) >= 11 is 5.51. The van der Waals surface area contributed by atoms with Crippen LogP contribution >= 0.6 is 11.6 Å². The normalized spacial score (nSPS) is 12.5. The molecule has 5 heteroatoms. The second kappa shape index (κ2) is 8.12. The molecule has 20 heavy (non-hydrogen) atoms. The van der Waals surface area contributed by atoms with Gasteiger partial charge in [0.1, 0.15) is 12.4 Å². The van der Waals surface area contributed by atoms with Crippen molar-refractivity contribution in [3.05, 3.63) is 35.0 Å². The third kappa shape index (κ3) is 5.80. The molecular formula is C15H22ClNO3. The van der Waals surface area contributed by atoms with E-state index < -0.39 is 5.54 Å². The van der Waals surface area contributed by atoms with Crippen LogP contribution in [0.5, 0.6) is 5.75 Å². The van der Waals surface area contributed by atoms with E-state index in [0.29, 0.717) is 31.5 Å². The van der Waals surface area contributed by atoms with Crippen LogP contribution in [-0.4, -0.2) is 42.2 Å². The summed E-state index contributed by atoms with van der Waals surface area (Å²) < 4.78 is 11.8. The summed E-state index contributed by atoms with van der Waals surface area (Å²) in [5.41, 5.74) is 0.283. The van der Waals surface area contributed by atoms with Crippen LogP contribution in [0.1, 0.15) is 26.3 Å². The molecule has 1 rings (SSSR count).